The second-order valence-corrected chi connectivity index (χ2v) is 7.83. The van der Waals surface area contributed by atoms with Crippen LogP contribution in [0.4, 0.5) is 5.95 Å². The molecular formula is C23H23N5O2. The number of amides is 1. The van der Waals surface area contributed by atoms with E-state index >= 15 is 0 Å². The molecule has 2 N–H and O–H groups in total. The van der Waals surface area contributed by atoms with Gasteiger partial charge in [-0.1, -0.05) is 60.7 Å². The average Bonchev–Trinajstić information content (AvgIpc) is 3.41. The van der Waals surface area contributed by atoms with Gasteiger partial charge >= 0.3 is 0 Å². The summed E-state index contributed by atoms with van der Waals surface area (Å²) in [5.74, 6) is 0.0249. The summed E-state index contributed by atoms with van der Waals surface area (Å²) < 4.78 is 0. The smallest absolute Gasteiger partial charge is 0.277 e. The minimum absolute atomic E-state index is 0.223. The molecule has 0 saturated carbocycles. The molecule has 5 rings (SSSR count). The van der Waals surface area contributed by atoms with Crippen molar-refractivity contribution in [3.05, 3.63) is 89.7 Å². The first-order valence-corrected chi connectivity index (χ1v) is 10.1. The van der Waals surface area contributed by atoms with Crippen molar-refractivity contribution in [1.29, 1.82) is 0 Å². The Labute approximate surface area is 175 Å². The Kier molecular flexibility index (Phi) is 4.90. The number of rotatable bonds is 5. The van der Waals surface area contributed by atoms with Gasteiger partial charge in [0, 0.05) is 37.6 Å². The minimum atomic E-state index is -0.607. The first kappa shape index (κ1) is 18.7. The van der Waals surface area contributed by atoms with Crippen molar-refractivity contribution < 1.29 is 10.0 Å². The highest BCUT2D eigenvalue weighted by atomic mass is 16.5. The Morgan fingerprint density at radius 2 is 1.53 bits per heavy atom. The van der Waals surface area contributed by atoms with E-state index in [9.17, 15) is 4.79 Å². The molecule has 0 radical (unpaired) electrons. The Balaban J connectivity index is 1.38. The van der Waals surface area contributed by atoms with E-state index in [0.717, 1.165) is 19.5 Å². The maximum Gasteiger partial charge on any atom is 0.277 e. The van der Waals surface area contributed by atoms with E-state index in [0.29, 0.717) is 18.0 Å². The van der Waals surface area contributed by atoms with Crippen molar-refractivity contribution in [3.63, 3.8) is 0 Å². The number of nitrogens with one attached hydrogen (secondary N) is 1. The van der Waals surface area contributed by atoms with Crippen molar-refractivity contribution in [1.82, 2.24) is 20.3 Å². The molecule has 2 aliphatic rings. The maximum atomic E-state index is 11.5. The lowest BCUT2D eigenvalue weighted by Gasteiger charge is -2.39. The molecule has 0 spiro atoms. The molecule has 0 aliphatic carbocycles. The topological polar surface area (TPSA) is 81.6 Å². The molecule has 3 heterocycles. The first-order valence-electron chi connectivity index (χ1n) is 10.1. The molecule has 7 nitrogen and oxygen atoms in total. The standard InChI is InChI=1S/C23H23N5O2/c29-22(26-30)18-12-24-23(25-13-18)28-15-19-11-20(28)14-27(19)21(16-7-3-1-4-8-16)17-9-5-2-6-10-17/h1-10,12-13,19-21,30H,11,14-15H2,(H,26,29)/t19-,20+/m0/s1. The molecule has 2 bridgehead atoms. The van der Waals surface area contributed by atoms with Crippen LogP contribution in [0.5, 0.6) is 0 Å². The largest absolute Gasteiger partial charge is 0.335 e. The third-order valence-electron chi connectivity index (χ3n) is 6.10. The van der Waals surface area contributed by atoms with E-state index in [1.54, 1.807) is 5.48 Å². The molecule has 1 amide bonds. The van der Waals surface area contributed by atoms with Crippen LogP contribution in [0.25, 0.3) is 0 Å². The van der Waals surface area contributed by atoms with Crippen LogP contribution in [0, 0.1) is 0 Å². The monoisotopic (exact) mass is 401 g/mol. The molecule has 2 aromatic carbocycles. The van der Waals surface area contributed by atoms with Crippen LogP contribution >= 0.6 is 0 Å². The Morgan fingerprint density at radius 3 is 2.03 bits per heavy atom. The van der Waals surface area contributed by atoms with Gasteiger partial charge in [0.05, 0.1) is 11.6 Å². The zero-order chi connectivity index (χ0) is 20.5. The number of piperazine rings is 1. The van der Waals surface area contributed by atoms with E-state index in [4.69, 9.17) is 5.21 Å². The Morgan fingerprint density at radius 1 is 0.933 bits per heavy atom. The molecule has 2 aliphatic heterocycles. The number of aromatic nitrogens is 2. The van der Waals surface area contributed by atoms with Crippen LogP contribution in [0.1, 0.15) is 33.9 Å². The van der Waals surface area contributed by atoms with Crippen LogP contribution < -0.4 is 10.4 Å². The van der Waals surface area contributed by atoms with E-state index in [-0.39, 0.29) is 11.6 Å². The molecule has 30 heavy (non-hydrogen) atoms. The van der Waals surface area contributed by atoms with E-state index in [1.807, 2.05) is 0 Å². The number of hydrogen-bond acceptors (Lipinski definition) is 6. The van der Waals surface area contributed by atoms with Crippen molar-refractivity contribution >= 4 is 11.9 Å². The van der Waals surface area contributed by atoms with Gasteiger partial charge in [-0.2, -0.15) is 0 Å². The van der Waals surface area contributed by atoms with Crippen molar-refractivity contribution in [2.45, 2.75) is 24.5 Å². The Bertz CT molecular complexity index is 973. The lowest BCUT2D eigenvalue weighted by Crippen LogP contribution is -2.48. The second kappa shape index (κ2) is 7.85. The van der Waals surface area contributed by atoms with Gasteiger partial charge < -0.3 is 4.90 Å². The van der Waals surface area contributed by atoms with Gasteiger partial charge in [0.2, 0.25) is 5.95 Å². The quantitative estimate of drug-likeness (QED) is 0.505. The number of nitrogens with zero attached hydrogens (tertiary/aromatic N) is 4. The van der Waals surface area contributed by atoms with Crippen LogP contribution in [0.3, 0.4) is 0 Å². The normalized spacial score (nSPS) is 20.7. The molecular weight excluding hydrogens is 378 g/mol. The molecule has 0 unspecified atom stereocenters. The van der Waals surface area contributed by atoms with Gasteiger partial charge in [0.25, 0.3) is 5.91 Å². The van der Waals surface area contributed by atoms with Gasteiger partial charge in [-0.25, -0.2) is 15.4 Å². The van der Waals surface area contributed by atoms with Gasteiger partial charge in [0.1, 0.15) is 0 Å². The fourth-order valence-electron chi connectivity index (χ4n) is 4.76. The lowest BCUT2D eigenvalue weighted by molar-refractivity contribution is 0.0705. The van der Waals surface area contributed by atoms with Crippen molar-refractivity contribution in [2.75, 3.05) is 18.0 Å². The molecule has 7 heteroatoms. The van der Waals surface area contributed by atoms with Crippen molar-refractivity contribution in [2.24, 2.45) is 0 Å². The minimum Gasteiger partial charge on any atom is -0.335 e. The van der Waals surface area contributed by atoms with Gasteiger partial charge in [0.15, 0.2) is 0 Å². The number of anilines is 1. The SMILES string of the molecule is O=C(NO)c1cnc(N2C[C@@H]3C[C@@H]2CN3C(c2ccccc2)c2ccccc2)nc1. The van der Waals surface area contributed by atoms with Gasteiger partial charge in [-0.05, 0) is 17.5 Å². The summed E-state index contributed by atoms with van der Waals surface area (Å²) in [5.41, 5.74) is 4.45. The maximum absolute atomic E-state index is 11.5. The van der Waals surface area contributed by atoms with Gasteiger partial charge in [-0.3, -0.25) is 14.9 Å². The summed E-state index contributed by atoms with van der Waals surface area (Å²) in [5, 5.41) is 8.75. The summed E-state index contributed by atoms with van der Waals surface area (Å²) in [4.78, 5) is 25.0. The van der Waals surface area contributed by atoms with Crippen LogP contribution in [0.15, 0.2) is 73.1 Å². The van der Waals surface area contributed by atoms with Gasteiger partial charge in [-0.15, -0.1) is 0 Å². The molecule has 152 valence electrons. The number of carbonyl (C=O) groups is 1. The highest BCUT2D eigenvalue weighted by molar-refractivity contribution is 5.92. The third kappa shape index (κ3) is 3.32. The number of hydroxylamine groups is 1. The highest BCUT2D eigenvalue weighted by Gasteiger charge is 2.47. The molecule has 1 aromatic heterocycles. The summed E-state index contributed by atoms with van der Waals surface area (Å²) in [6.07, 6.45) is 3.97. The molecule has 2 atom stereocenters. The highest BCUT2D eigenvalue weighted by Crippen LogP contribution is 2.40. The van der Waals surface area contributed by atoms with Crippen LogP contribution in [0.2, 0.25) is 0 Å². The van der Waals surface area contributed by atoms with E-state index in [1.165, 1.54) is 23.5 Å². The lowest BCUT2D eigenvalue weighted by atomic mass is 9.96. The zero-order valence-electron chi connectivity index (χ0n) is 16.4. The van der Waals surface area contributed by atoms with E-state index < -0.39 is 5.91 Å². The molecule has 2 saturated heterocycles. The summed E-state index contributed by atoms with van der Waals surface area (Å²) >= 11 is 0. The second-order valence-electron chi connectivity index (χ2n) is 7.83. The summed E-state index contributed by atoms with van der Waals surface area (Å²) in [6, 6.07) is 22.3. The predicted molar refractivity (Wildman–Crippen MR) is 112 cm³/mol. The number of carbonyl (C=O) groups excluding carboxylic acids is 1. The summed E-state index contributed by atoms with van der Waals surface area (Å²) in [7, 11) is 0. The first-order chi connectivity index (χ1) is 14.7. The molecule has 2 fully saturated rings. The number of hydrogen-bond donors (Lipinski definition) is 2. The average molecular weight is 401 g/mol. The zero-order valence-corrected chi connectivity index (χ0v) is 16.4. The Hall–Kier alpha value is -3.29. The fraction of sp³-hybridized carbons (Fsp3) is 0.261. The number of likely N-dealkylation sites (tertiary alicyclic amines) is 1. The van der Waals surface area contributed by atoms with Crippen molar-refractivity contribution in [3.8, 4) is 0 Å². The predicted octanol–water partition coefficient (Wildman–Crippen LogP) is 2.65. The summed E-state index contributed by atoms with van der Waals surface area (Å²) in [6.45, 7) is 1.79. The number of benzene rings is 2. The number of fused-ring (bicyclic) bond motifs is 2. The fourth-order valence-corrected chi connectivity index (χ4v) is 4.76. The van der Waals surface area contributed by atoms with Crippen LogP contribution in [-0.2, 0) is 0 Å². The van der Waals surface area contributed by atoms with Crippen LogP contribution in [-0.4, -0.2) is 51.2 Å². The molecule has 3 aromatic rings. The third-order valence-corrected chi connectivity index (χ3v) is 6.10. The van der Waals surface area contributed by atoms with E-state index in [2.05, 4.69) is 80.4 Å².